The van der Waals surface area contributed by atoms with E-state index < -0.39 is 10.0 Å². The van der Waals surface area contributed by atoms with Crippen LogP contribution in [0.1, 0.15) is 35.6 Å². The third kappa shape index (κ3) is 3.81. The number of nitrogens with zero attached hydrogens (tertiary/aromatic N) is 4. The number of aromatic nitrogens is 4. The van der Waals surface area contributed by atoms with Crippen molar-refractivity contribution in [2.24, 2.45) is 7.05 Å². The van der Waals surface area contributed by atoms with E-state index in [4.69, 9.17) is 4.74 Å². The van der Waals surface area contributed by atoms with E-state index in [9.17, 15) is 13.2 Å². The van der Waals surface area contributed by atoms with Crippen molar-refractivity contribution >= 4 is 20.9 Å². The van der Waals surface area contributed by atoms with Crippen molar-refractivity contribution in [2.75, 3.05) is 13.2 Å². The van der Waals surface area contributed by atoms with Crippen LogP contribution in [0.2, 0.25) is 0 Å². The molecular weight excluding hydrogens is 500 g/mol. The summed E-state index contributed by atoms with van der Waals surface area (Å²) in [6.07, 6.45) is 5.29. The van der Waals surface area contributed by atoms with Crippen molar-refractivity contribution < 1.29 is 13.2 Å². The number of rotatable bonds is 6. The van der Waals surface area contributed by atoms with Crippen LogP contribution in [0.5, 0.6) is 0 Å². The molecule has 38 heavy (non-hydrogen) atoms. The summed E-state index contributed by atoms with van der Waals surface area (Å²) in [7, 11) is -2.48. The lowest BCUT2D eigenvalue weighted by molar-refractivity contribution is -0.0286. The van der Waals surface area contributed by atoms with E-state index in [-0.39, 0.29) is 27.9 Å². The van der Waals surface area contributed by atoms with Crippen molar-refractivity contribution in [3.05, 3.63) is 106 Å². The molecule has 0 spiro atoms. The van der Waals surface area contributed by atoms with E-state index in [0.29, 0.717) is 35.4 Å². The van der Waals surface area contributed by atoms with Crippen LogP contribution in [0.4, 0.5) is 0 Å². The minimum Gasteiger partial charge on any atom is -0.377 e. The Labute approximate surface area is 220 Å². The normalized spacial score (nSPS) is 15.0. The van der Waals surface area contributed by atoms with Crippen LogP contribution in [-0.2, 0) is 21.8 Å². The van der Waals surface area contributed by atoms with E-state index >= 15 is 0 Å². The second-order valence-corrected chi connectivity index (χ2v) is 11.6. The zero-order chi connectivity index (χ0) is 26.6. The monoisotopic (exact) mass is 528 g/mol. The van der Waals surface area contributed by atoms with Crippen molar-refractivity contribution in [1.29, 1.82) is 0 Å². The van der Waals surface area contributed by atoms with Gasteiger partial charge in [0.25, 0.3) is 15.6 Å². The number of benzene rings is 2. The van der Waals surface area contributed by atoms with Gasteiger partial charge in [0.05, 0.1) is 36.0 Å². The Morgan fingerprint density at radius 2 is 1.74 bits per heavy atom. The molecular formula is C29H28N4O4S. The lowest BCUT2D eigenvalue weighted by Crippen LogP contribution is -2.30. The minimum absolute atomic E-state index is 0.0785. The number of pyridine rings is 1. The molecule has 1 aliphatic heterocycles. The maximum absolute atomic E-state index is 14.3. The quantitative estimate of drug-likeness (QED) is 0.325. The third-order valence-corrected chi connectivity index (χ3v) is 9.27. The molecule has 5 aromatic rings. The summed E-state index contributed by atoms with van der Waals surface area (Å²) in [6, 6.07) is 18.7. The molecule has 3 aromatic heterocycles. The summed E-state index contributed by atoms with van der Waals surface area (Å²) >= 11 is 0. The molecule has 9 heteroatoms. The van der Waals surface area contributed by atoms with Gasteiger partial charge in [-0.2, -0.15) is 5.10 Å². The fourth-order valence-corrected chi connectivity index (χ4v) is 6.88. The molecule has 1 aliphatic rings. The minimum atomic E-state index is -4.14. The predicted octanol–water partition coefficient (Wildman–Crippen LogP) is 4.47. The van der Waals surface area contributed by atoms with Gasteiger partial charge in [0.15, 0.2) is 0 Å². The van der Waals surface area contributed by atoms with E-state index in [1.54, 1.807) is 49.1 Å². The van der Waals surface area contributed by atoms with Crippen molar-refractivity contribution in [3.8, 4) is 11.3 Å². The molecule has 0 saturated carbocycles. The number of hydrogen-bond acceptors (Lipinski definition) is 5. The first-order valence-electron chi connectivity index (χ1n) is 12.5. The molecule has 2 aromatic carbocycles. The van der Waals surface area contributed by atoms with Gasteiger partial charge in [-0.15, -0.1) is 0 Å². The highest BCUT2D eigenvalue weighted by molar-refractivity contribution is 7.90. The zero-order valence-corrected chi connectivity index (χ0v) is 22.2. The van der Waals surface area contributed by atoms with Gasteiger partial charge in [0.1, 0.15) is 5.52 Å². The van der Waals surface area contributed by atoms with Crippen LogP contribution in [0.15, 0.2) is 88.9 Å². The molecule has 0 amide bonds. The van der Waals surface area contributed by atoms with Crippen LogP contribution in [-0.4, -0.2) is 40.0 Å². The first kappa shape index (κ1) is 24.4. The molecule has 194 valence electrons. The van der Waals surface area contributed by atoms with Crippen molar-refractivity contribution in [2.45, 2.75) is 30.7 Å². The Morgan fingerprint density at radius 1 is 1.03 bits per heavy atom. The smallest absolute Gasteiger partial charge is 0.275 e. The average molecular weight is 529 g/mol. The van der Waals surface area contributed by atoms with Crippen LogP contribution >= 0.6 is 0 Å². The number of aryl methyl sites for hydroxylation is 2. The summed E-state index contributed by atoms with van der Waals surface area (Å²) in [5.74, 6) is -0.0785. The van der Waals surface area contributed by atoms with Gasteiger partial charge in [-0.1, -0.05) is 55.5 Å². The van der Waals surface area contributed by atoms with Crippen molar-refractivity contribution in [3.63, 3.8) is 0 Å². The van der Waals surface area contributed by atoms with E-state index in [1.165, 1.54) is 8.54 Å². The second-order valence-electron chi connectivity index (χ2n) is 9.86. The number of ether oxygens (including phenoxy) is 1. The molecule has 0 bridgehead atoms. The molecule has 0 aliphatic carbocycles. The summed E-state index contributed by atoms with van der Waals surface area (Å²) in [5.41, 5.74) is 3.31. The van der Waals surface area contributed by atoms with E-state index in [2.05, 4.69) is 12.0 Å². The van der Waals surface area contributed by atoms with Crippen LogP contribution in [0, 0.1) is 6.92 Å². The van der Waals surface area contributed by atoms with Crippen LogP contribution < -0.4 is 5.56 Å². The lowest BCUT2D eigenvalue weighted by Gasteiger charge is -2.25. The zero-order valence-electron chi connectivity index (χ0n) is 21.4. The van der Waals surface area contributed by atoms with Gasteiger partial charge in [0, 0.05) is 36.3 Å². The van der Waals surface area contributed by atoms with Crippen molar-refractivity contribution in [1.82, 2.24) is 18.3 Å². The average Bonchev–Trinajstić information content (AvgIpc) is 3.51. The lowest BCUT2D eigenvalue weighted by atomic mass is 9.92. The third-order valence-electron chi connectivity index (χ3n) is 7.39. The first-order chi connectivity index (χ1) is 18.3. The molecule has 6 rings (SSSR count). The molecule has 0 radical (unpaired) electrons. The highest BCUT2D eigenvalue weighted by Gasteiger charge is 2.30. The van der Waals surface area contributed by atoms with Crippen LogP contribution in [0.3, 0.4) is 0 Å². The maximum atomic E-state index is 14.3. The second kappa shape index (κ2) is 9.11. The molecule has 1 fully saturated rings. The van der Waals surface area contributed by atoms with Gasteiger partial charge in [-0.25, -0.2) is 12.4 Å². The first-order valence-corrected chi connectivity index (χ1v) is 13.9. The highest BCUT2D eigenvalue weighted by Crippen LogP contribution is 2.37. The predicted molar refractivity (Wildman–Crippen MR) is 146 cm³/mol. The van der Waals surface area contributed by atoms with Gasteiger partial charge in [-0.05, 0) is 35.7 Å². The SMILES string of the molecule is Cc1ccccc1S(=O)(=O)n1c(-c2cnn(C3COC3)c2)cc2c(C(C)c3ccccc3)cn(C)c(=O)c21. The topological polar surface area (TPSA) is 88.1 Å². The van der Waals surface area contributed by atoms with E-state index in [0.717, 1.165) is 11.1 Å². The molecule has 1 atom stereocenters. The van der Waals surface area contributed by atoms with Gasteiger partial charge < -0.3 is 9.30 Å². The fourth-order valence-electron chi connectivity index (χ4n) is 5.13. The van der Waals surface area contributed by atoms with E-state index in [1.807, 2.05) is 48.8 Å². The number of hydrogen-bond donors (Lipinski definition) is 0. The maximum Gasteiger partial charge on any atom is 0.275 e. The Hall–Kier alpha value is -3.95. The highest BCUT2D eigenvalue weighted by atomic mass is 32.2. The Kier molecular flexibility index (Phi) is 5.85. The van der Waals surface area contributed by atoms with Gasteiger partial charge in [-0.3, -0.25) is 9.48 Å². The molecule has 8 nitrogen and oxygen atoms in total. The Morgan fingerprint density at radius 3 is 2.42 bits per heavy atom. The molecule has 0 N–H and O–H groups in total. The van der Waals surface area contributed by atoms with Crippen LogP contribution in [0.25, 0.3) is 22.2 Å². The summed E-state index contributed by atoms with van der Waals surface area (Å²) < 4.78 is 38.4. The van der Waals surface area contributed by atoms with Gasteiger partial charge in [0.2, 0.25) is 0 Å². The largest absolute Gasteiger partial charge is 0.377 e. The Bertz CT molecular complexity index is 1830. The summed E-state index contributed by atoms with van der Waals surface area (Å²) in [4.78, 5) is 13.8. The number of fused-ring (bicyclic) bond motifs is 1. The molecule has 1 unspecified atom stereocenters. The Balaban J connectivity index is 1.68. The molecule has 4 heterocycles. The van der Waals surface area contributed by atoms with Gasteiger partial charge >= 0.3 is 0 Å². The summed E-state index contributed by atoms with van der Waals surface area (Å²) in [6.45, 7) is 4.94. The molecule has 1 saturated heterocycles. The standard InChI is InChI=1S/C29H28N4O4S/c1-19-9-7-8-12-27(19)38(35,36)33-26(22-14-30-32(15-22)23-17-37-18-23)13-24-25(16-31(3)29(34)28(24)33)20(2)21-10-5-4-6-11-21/h4-16,20,23H,17-18H2,1-3H3. The summed E-state index contributed by atoms with van der Waals surface area (Å²) in [5, 5.41) is 5.10. The fraction of sp³-hybridized carbons (Fsp3) is 0.241.